The molecule has 5 N–H and O–H groups in total. The molecule has 136 valence electrons. The summed E-state index contributed by atoms with van der Waals surface area (Å²) in [5.74, 6) is -1.74. The second-order valence-corrected chi connectivity index (χ2v) is 5.44. The van der Waals surface area contributed by atoms with Crippen LogP contribution in [0.15, 0.2) is 54.9 Å². The molecular formula is C18H14FN5O3. The fourth-order valence-electron chi connectivity index (χ4n) is 2.33. The van der Waals surface area contributed by atoms with Crippen molar-refractivity contribution in [3.05, 3.63) is 71.8 Å². The molecule has 0 atom stereocenters. The van der Waals surface area contributed by atoms with Crippen LogP contribution in [0.2, 0.25) is 0 Å². The van der Waals surface area contributed by atoms with Crippen molar-refractivity contribution in [1.82, 2.24) is 9.97 Å². The number of hydrogen-bond acceptors (Lipinski definition) is 6. The van der Waals surface area contributed by atoms with Gasteiger partial charge in [-0.1, -0.05) is 12.1 Å². The summed E-state index contributed by atoms with van der Waals surface area (Å²) in [4.78, 5) is 30.9. The monoisotopic (exact) mass is 367 g/mol. The van der Waals surface area contributed by atoms with E-state index in [4.69, 9.17) is 5.73 Å². The highest BCUT2D eigenvalue weighted by atomic mass is 19.1. The molecule has 0 spiro atoms. The standard InChI is InChI=1S/C18H14FN5O3/c19-10-5-6-15(21-8-10)24-16-7-14(12(9-22-16)18(26)27)23-13-4-2-1-3-11(13)17(20)25/h1-9H,(H2,20,25)(H,26,27)(H2,21,22,23,24). The molecular weight excluding hydrogens is 353 g/mol. The van der Waals surface area contributed by atoms with E-state index in [1.54, 1.807) is 18.2 Å². The van der Waals surface area contributed by atoms with Gasteiger partial charge >= 0.3 is 5.97 Å². The fourth-order valence-corrected chi connectivity index (χ4v) is 2.33. The van der Waals surface area contributed by atoms with Crippen LogP contribution < -0.4 is 16.4 Å². The van der Waals surface area contributed by atoms with Crippen LogP contribution in [-0.4, -0.2) is 27.0 Å². The molecule has 3 rings (SSSR count). The smallest absolute Gasteiger partial charge is 0.339 e. The first kappa shape index (κ1) is 17.8. The minimum absolute atomic E-state index is 0.105. The molecule has 3 aromatic rings. The number of primary amides is 1. The summed E-state index contributed by atoms with van der Waals surface area (Å²) in [5.41, 5.74) is 6.00. The Morgan fingerprint density at radius 3 is 2.33 bits per heavy atom. The second kappa shape index (κ2) is 7.48. The van der Waals surface area contributed by atoms with Crippen LogP contribution in [0.3, 0.4) is 0 Å². The summed E-state index contributed by atoms with van der Waals surface area (Å²) in [5, 5.41) is 15.1. The number of benzene rings is 1. The molecule has 0 saturated carbocycles. The van der Waals surface area contributed by atoms with Crippen molar-refractivity contribution in [1.29, 1.82) is 0 Å². The largest absolute Gasteiger partial charge is 0.478 e. The summed E-state index contributed by atoms with van der Waals surface area (Å²) in [7, 11) is 0. The van der Waals surface area contributed by atoms with E-state index in [-0.39, 0.29) is 22.6 Å². The van der Waals surface area contributed by atoms with E-state index in [0.717, 1.165) is 12.4 Å². The van der Waals surface area contributed by atoms with Crippen molar-refractivity contribution < 1.29 is 19.1 Å². The molecule has 0 aliphatic rings. The lowest BCUT2D eigenvalue weighted by Crippen LogP contribution is -2.14. The molecule has 1 amide bonds. The summed E-state index contributed by atoms with van der Waals surface area (Å²) < 4.78 is 13.0. The molecule has 0 aliphatic carbocycles. The van der Waals surface area contributed by atoms with Gasteiger partial charge in [0.2, 0.25) is 0 Å². The van der Waals surface area contributed by atoms with Crippen LogP contribution in [0.1, 0.15) is 20.7 Å². The molecule has 1 aromatic carbocycles. The third kappa shape index (κ3) is 4.15. The summed E-state index contributed by atoms with van der Waals surface area (Å²) in [6.07, 6.45) is 2.19. The average Bonchev–Trinajstić information content (AvgIpc) is 2.64. The molecule has 2 aromatic heterocycles. The Balaban J connectivity index is 1.96. The molecule has 2 heterocycles. The van der Waals surface area contributed by atoms with Crippen LogP contribution in [0.5, 0.6) is 0 Å². The topological polar surface area (TPSA) is 130 Å². The minimum atomic E-state index is -1.20. The molecule has 8 nitrogen and oxygen atoms in total. The first-order chi connectivity index (χ1) is 12.9. The zero-order valence-corrected chi connectivity index (χ0v) is 13.8. The van der Waals surface area contributed by atoms with Crippen LogP contribution in [0, 0.1) is 5.82 Å². The number of pyridine rings is 2. The molecule has 0 bridgehead atoms. The number of amides is 1. The van der Waals surface area contributed by atoms with Gasteiger partial charge in [-0.05, 0) is 24.3 Å². The molecule has 0 aliphatic heterocycles. The fraction of sp³-hybridized carbons (Fsp3) is 0. The number of rotatable bonds is 6. The third-order valence-electron chi connectivity index (χ3n) is 3.58. The van der Waals surface area contributed by atoms with Crippen molar-refractivity contribution in [3.8, 4) is 0 Å². The van der Waals surface area contributed by atoms with E-state index in [1.165, 1.54) is 24.3 Å². The summed E-state index contributed by atoms with van der Waals surface area (Å²) in [6, 6.07) is 10.5. The van der Waals surface area contributed by atoms with E-state index in [9.17, 15) is 19.1 Å². The van der Waals surface area contributed by atoms with E-state index in [2.05, 4.69) is 20.6 Å². The van der Waals surface area contributed by atoms with Gasteiger partial charge in [0, 0.05) is 12.3 Å². The number of hydrogen-bond donors (Lipinski definition) is 4. The van der Waals surface area contributed by atoms with Gasteiger partial charge in [0.05, 0.1) is 23.1 Å². The quantitative estimate of drug-likeness (QED) is 0.527. The molecule has 0 radical (unpaired) electrons. The zero-order valence-electron chi connectivity index (χ0n) is 13.8. The van der Waals surface area contributed by atoms with Gasteiger partial charge in [0.1, 0.15) is 23.0 Å². The van der Waals surface area contributed by atoms with E-state index in [0.29, 0.717) is 11.5 Å². The third-order valence-corrected chi connectivity index (χ3v) is 3.58. The Labute approximate surface area is 152 Å². The number of carboxylic acids is 1. The number of nitrogens with zero attached hydrogens (tertiary/aromatic N) is 2. The maximum Gasteiger partial charge on any atom is 0.339 e. The average molecular weight is 367 g/mol. The predicted molar refractivity (Wildman–Crippen MR) is 96.9 cm³/mol. The number of aromatic nitrogens is 2. The van der Waals surface area contributed by atoms with E-state index >= 15 is 0 Å². The van der Waals surface area contributed by atoms with Crippen molar-refractivity contribution in [2.75, 3.05) is 10.6 Å². The van der Waals surface area contributed by atoms with Gasteiger partial charge in [-0.25, -0.2) is 19.2 Å². The highest BCUT2D eigenvalue weighted by Gasteiger charge is 2.15. The van der Waals surface area contributed by atoms with Crippen LogP contribution >= 0.6 is 0 Å². The highest BCUT2D eigenvalue weighted by molar-refractivity contribution is 6.01. The Hall–Kier alpha value is -4.01. The van der Waals surface area contributed by atoms with E-state index in [1.807, 2.05) is 0 Å². The number of aromatic carboxylic acids is 1. The van der Waals surface area contributed by atoms with Crippen LogP contribution in [-0.2, 0) is 0 Å². The number of carboxylic acid groups (broad SMARTS) is 1. The summed E-state index contributed by atoms with van der Waals surface area (Å²) in [6.45, 7) is 0. The number of para-hydroxylation sites is 1. The van der Waals surface area contributed by atoms with Gasteiger partial charge in [-0.3, -0.25) is 4.79 Å². The van der Waals surface area contributed by atoms with Gasteiger partial charge in [0.15, 0.2) is 0 Å². The lowest BCUT2D eigenvalue weighted by Gasteiger charge is -2.14. The highest BCUT2D eigenvalue weighted by Crippen LogP contribution is 2.26. The van der Waals surface area contributed by atoms with Crippen molar-refractivity contribution in [3.63, 3.8) is 0 Å². The van der Waals surface area contributed by atoms with Crippen molar-refractivity contribution in [2.45, 2.75) is 0 Å². The van der Waals surface area contributed by atoms with Gasteiger partial charge in [-0.15, -0.1) is 0 Å². The van der Waals surface area contributed by atoms with Gasteiger partial charge in [-0.2, -0.15) is 0 Å². The molecule has 0 saturated heterocycles. The van der Waals surface area contributed by atoms with Crippen molar-refractivity contribution >= 4 is 34.9 Å². The lowest BCUT2D eigenvalue weighted by molar-refractivity contribution is 0.0697. The first-order valence-electron chi connectivity index (χ1n) is 7.72. The first-order valence-corrected chi connectivity index (χ1v) is 7.72. The predicted octanol–water partition coefficient (Wildman–Crippen LogP) is 2.90. The normalized spacial score (nSPS) is 10.3. The van der Waals surface area contributed by atoms with E-state index < -0.39 is 17.7 Å². The summed E-state index contributed by atoms with van der Waals surface area (Å²) >= 11 is 0. The second-order valence-electron chi connectivity index (χ2n) is 5.44. The SMILES string of the molecule is NC(=O)c1ccccc1Nc1cc(Nc2ccc(F)cn2)ncc1C(=O)O. The molecule has 0 unspecified atom stereocenters. The Morgan fingerprint density at radius 1 is 0.926 bits per heavy atom. The number of nitrogens with one attached hydrogen (secondary N) is 2. The van der Waals surface area contributed by atoms with Gasteiger partial charge in [0.25, 0.3) is 5.91 Å². The Bertz CT molecular complexity index is 1010. The van der Waals surface area contributed by atoms with Crippen LogP contribution in [0.25, 0.3) is 0 Å². The Kier molecular flexibility index (Phi) is 4.93. The molecule has 27 heavy (non-hydrogen) atoms. The number of carbonyl (C=O) groups excluding carboxylic acids is 1. The molecule has 0 fully saturated rings. The maximum absolute atomic E-state index is 13.0. The van der Waals surface area contributed by atoms with Crippen LogP contribution in [0.4, 0.5) is 27.4 Å². The number of anilines is 4. The van der Waals surface area contributed by atoms with Crippen molar-refractivity contribution in [2.24, 2.45) is 5.73 Å². The molecule has 9 heteroatoms. The van der Waals surface area contributed by atoms with Gasteiger partial charge < -0.3 is 21.5 Å². The zero-order chi connectivity index (χ0) is 19.4. The lowest BCUT2D eigenvalue weighted by atomic mass is 10.1. The number of nitrogens with two attached hydrogens (primary N) is 1. The number of halogens is 1. The number of carbonyl (C=O) groups is 2. The Morgan fingerprint density at radius 2 is 1.67 bits per heavy atom. The minimum Gasteiger partial charge on any atom is -0.478 e. The maximum atomic E-state index is 13.0.